The van der Waals surface area contributed by atoms with Gasteiger partial charge in [0.15, 0.2) is 0 Å². The molecule has 0 aromatic heterocycles. The van der Waals surface area contributed by atoms with E-state index in [0.29, 0.717) is 11.1 Å². The number of hydrogen-bond acceptors (Lipinski definition) is 0. The van der Waals surface area contributed by atoms with Gasteiger partial charge in [0.2, 0.25) is 0 Å². The molecule has 0 N–H and O–H groups in total. The van der Waals surface area contributed by atoms with Crippen molar-refractivity contribution in [2.75, 3.05) is 0 Å². The maximum atomic E-state index is 13.5. The van der Waals surface area contributed by atoms with Crippen molar-refractivity contribution in [1.82, 2.24) is 0 Å². The van der Waals surface area contributed by atoms with Crippen molar-refractivity contribution in [3.63, 3.8) is 0 Å². The predicted octanol–water partition coefficient (Wildman–Crippen LogP) is 4.46. The monoisotopic (exact) mass is 210 g/mol. The Bertz CT molecular complexity index is 391. The maximum Gasteiger partial charge on any atom is 0.149 e. The molecule has 0 radical (unpaired) electrons. The molecule has 0 aliphatic heterocycles. The van der Waals surface area contributed by atoms with E-state index in [1.54, 1.807) is 12.1 Å². The van der Waals surface area contributed by atoms with Crippen molar-refractivity contribution in [3.05, 3.63) is 52.8 Å². The maximum absolute atomic E-state index is 13.5. The lowest BCUT2D eigenvalue weighted by atomic mass is 10.0. The Labute approximate surface area is 88.7 Å². The van der Waals surface area contributed by atoms with Crippen LogP contribution in [0, 0.1) is 5.82 Å². The fraction of sp³-hybridized carbons (Fsp3) is 0.167. The topological polar surface area (TPSA) is 0 Å². The lowest BCUT2D eigenvalue weighted by molar-refractivity contribution is 0.624. The van der Waals surface area contributed by atoms with Gasteiger partial charge in [-0.15, -0.1) is 0 Å². The number of rotatable bonds is 2. The van der Waals surface area contributed by atoms with Gasteiger partial charge in [0.05, 0.1) is 5.02 Å². The summed E-state index contributed by atoms with van der Waals surface area (Å²) in [6, 6.07) is 4.92. The van der Waals surface area contributed by atoms with Gasteiger partial charge < -0.3 is 0 Å². The second-order valence-corrected chi connectivity index (χ2v) is 3.46. The van der Waals surface area contributed by atoms with Gasteiger partial charge in [-0.3, -0.25) is 0 Å². The van der Waals surface area contributed by atoms with Crippen LogP contribution in [0.15, 0.2) is 36.4 Å². The largest absolute Gasteiger partial charge is 0.205 e. The van der Waals surface area contributed by atoms with Crippen LogP contribution in [-0.4, -0.2) is 0 Å². The zero-order valence-electron chi connectivity index (χ0n) is 8.27. The quantitative estimate of drug-likeness (QED) is 0.633. The fourth-order valence-corrected chi connectivity index (χ4v) is 1.30. The molecule has 0 fully saturated rings. The van der Waals surface area contributed by atoms with E-state index in [0.717, 1.165) is 5.57 Å². The zero-order valence-corrected chi connectivity index (χ0v) is 9.03. The zero-order chi connectivity index (χ0) is 10.7. The third-order valence-electron chi connectivity index (χ3n) is 2.19. The first-order valence-corrected chi connectivity index (χ1v) is 4.72. The van der Waals surface area contributed by atoms with Crippen molar-refractivity contribution in [2.45, 2.75) is 13.8 Å². The molecule has 0 aliphatic carbocycles. The van der Waals surface area contributed by atoms with Gasteiger partial charge in [0, 0.05) is 5.56 Å². The molecule has 0 atom stereocenters. The summed E-state index contributed by atoms with van der Waals surface area (Å²) in [5, 5.41) is 0.132. The normalized spacial score (nSPS) is 11.6. The molecule has 0 spiro atoms. The van der Waals surface area contributed by atoms with Gasteiger partial charge in [0.1, 0.15) is 5.82 Å². The van der Waals surface area contributed by atoms with Crippen LogP contribution in [0.1, 0.15) is 19.4 Å². The molecule has 0 heterocycles. The average molecular weight is 211 g/mol. The molecule has 0 saturated carbocycles. The highest BCUT2D eigenvalue weighted by atomic mass is 35.5. The van der Waals surface area contributed by atoms with Crippen molar-refractivity contribution in [3.8, 4) is 0 Å². The Hall–Kier alpha value is -1.08. The Morgan fingerprint density at radius 1 is 1.50 bits per heavy atom. The molecule has 74 valence electrons. The highest BCUT2D eigenvalue weighted by Crippen LogP contribution is 2.27. The van der Waals surface area contributed by atoms with Crippen LogP contribution in [0.2, 0.25) is 5.02 Å². The van der Waals surface area contributed by atoms with E-state index in [1.807, 2.05) is 19.9 Å². The van der Waals surface area contributed by atoms with Crippen LogP contribution >= 0.6 is 11.6 Å². The summed E-state index contributed by atoms with van der Waals surface area (Å²) in [6.45, 7) is 7.61. The predicted molar refractivity (Wildman–Crippen MR) is 59.9 cm³/mol. The standard InChI is InChI=1S/C12H12ClF/c1-4-8(2)9(3)10-6-5-7-11(13)12(10)14/h4-7H,3H2,1-2H3/b8-4+. The Morgan fingerprint density at radius 3 is 2.71 bits per heavy atom. The van der Waals surface area contributed by atoms with Gasteiger partial charge in [-0.25, -0.2) is 4.39 Å². The Kier molecular flexibility index (Phi) is 3.48. The molecule has 0 saturated heterocycles. The molecule has 2 heteroatoms. The van der Waals surface area contributed by atoms with Crippen molar-refractivity contribution in [1.29, 1.82) is 0 Å². The first-order valence-electron chi connectivity index (χ1n) is 4.34. The minimum Gasteiger partial charge on any atom is -0.205 e. The molecule has 0 bridgehead atoms. The van der Waals surface area contributed by atoms with Crippen LogP contribution in [-0.2, 0) is 0 Å². The number of benzene rings is 1. The first-order chi connectivity index (χ1) is 6.57. The molecule has 14 heavy (non-hydrogen) atoms. The van der Waals surface area contributed by atoms with Crippen LogP contribution < -0.4 is 0 Å². The lowest BCUT2D eigenvalue weighted by Gasteiger charge is -2.07. The number of halogens is 2. The van der Waals surface area contributed by atoms with Gasteiger partial charge in [-0.2, -0.15) is 0 Å². The Morgan fingerprint density at radius 2 is 2.14 bits per heavy atom. The van der Waals surface area contributed by atoms with Crippen molar-refractivity contribution in [2.24, 2.45) is 0 Å². The van der Waals surface area contributed by atoms with Crippen LogP contribution in [0.3, 0.4) is 0 Å². The van der Waals surface area contributed by atoms with Crippen LogP contribution in [0.25, 0.3) is 5.57 Å². The smallest absolute Gasteiger partial charge is 0.149 e. The van der Waals surface area contributed by atoms with Crippen LogP contribution in [0.5, 0.6) is 0 Å². The minimum atomic E-state index is -0.402. The molecule has 1 rings (SSSR count). The summed E-state index contributed by atoms with van der Waals surface area (Å²) in [5.74, 6) is -0.402. The molecule has 1 aromatic rings. The van der Waals surface area contributed by atoms with Crippen molar-refractivity contribution < 1.29 is 4.39 Å². The minimum absolute atomic E-state index is 0.132. The van der Waals surface area contributed by atoms with Gasteiger partial charge in [-0.1, -0.05) is 36.4 Å². The van der Waals surface area contributed by atoms with Crippen molar-refractivity contribution >= 4 is 17.2 Å². The van der Waals surface area contributed by atoms with E-state index in [9.17, 15) is 4.39 Å². The number of allylic oxidation sites excluding steroid dienone is 3. The highest BCUT2D eigenvalue weighted by Gasteiger charge is 2.09. The molecular formula is C12H12ClF. The summed E-state index contributed by atoms with van der Waals surface area (Å²) in [6.07, 6.45) is 1.89. The molecule has 1 aromatic carbocycles. The van der Waals surface area contributed by atoms with Gasteiger partial charge >= 0.3 is 0 Å². The van der Waals surface area contributed by atoms with E-state index in [2.05, 4.69) is 6.58 Å². The molecule has 0 unspecified atom stereocenters. The summed E-state index contributed by atoms with van der Waals surface area (Å²) >= 11 is 5.67. The third kappa shape index (κ3) is 2.05. The average Bonchev–Trinajstić information content (AvgIpc) is 2.20. The third-order valence-corrected chi connectivity index (χ3v) is 2.48. The molecular weight excluding hydrogens is 199 g/mol. The molecule has 0 amide bonds. The summed E-state index contributed by atoms with van der Waals surface area (Å²) < 4.78 is 13.5. The highest BCUT2D eigenvalue weighted by molar-refractivity contribution is 6.30. The summed E-state index contributed by atoms with van der Waals surface area (Å²) in [7, 11) is 0. The first kappa shape index (κ1) is 11.0. The molecule has 0 nitrogen and oxygen atoms in total. The lowest BCUT2D eigenvalue weighted by Crippen LogP contribution is -1.90. The van der Waals surface area contributed by atoms with Gasteiger partial charge in [-0.05, 0) is 31.1 Å². The SMILES string of the molecule is C=C(/C(C)=C/C)c1cccc(Cl)c1F. The summed E-state index contributed by atoms with van der Waals surface area (Å²) in [5.41, 5.74) is 2.09. The molecule has 0 aliphatic rings. The van der Waals surface area contributed by atoms with E-state index >= 15 is 0 Å². The fourth-order valence-electron chi connectivity index (χ4n) is 1.12. The van der Waals surface area contributed by atoms with E-state index < -0.39 is 5.82 Å². The summed E-state index contributed by atoms with van der Waals surface area (Å²) in [4.78, 5) is 0. The van der Waals surface area contributed by atoms with E-state index in [4.69, 9.17) is 11.6 Å². The van der Waals surface area contributed by atoms with E-state index in [1.165, 1.54) is 6.07 Å². The second-order valence-electron chi connectivity index (χ2n) is 3.05. The van der Waals surface area contributed by atoms with Crippen LogP contribution in [0.4, 0.5) is 4.39 Å². The Balaban J connectivity index is 3.21. The number of hydrogen-bond donors (Lipinski definition) is 0. The van der Waals surface area contributed by atoms with Gasteiger partial charge in [0.25, 0.3) is 0 Å². The van der Waals surface area contributed by atoms with E-state index in [-0.39, 0.29) is 5.02 Å². The second kappa shape index (κ2) is 4.43.